The zero-order chi connectivity index (χ0) is 15.5. The van der Waals surface area contributed by atoms with Crippen LogP contribution in [0, 0.1) is 5.92 Å². The quantitative estimate of drug-likeness (QED) is 0.872. The van der Waals surface area contributed by atoms with E-state index < -0.39 is 12.1 Å². The van der Waals surface area contributed by atoms with Gasteiger partial charge < -0.3 is 24.6 Å². The molecule has 0 aliphatic carbocycles. The van der Waals surface area contributed by atoms with E-state index in [-0.39, 0.29) is 5.92 Å². The van der Waals surface area contributed by atoms with Gasteiger partial charge in [-0.1, -0.05) is 6.07 Å². The van der Waals surface area contributed by atoms with Gasteiger partial charge >= 0.3 is 5.97 Å². The minimum atomic E-state index is -0.716. The lowest BCUT2D eigenvalue weighted by Crippen LogP contribution is -2.38. The molecule has 0 bridgehead atoms. The molecule has 120 valence electrons. The number of likely N-dealkylation sites (tertiary alicyclic amines) is 1. The number of ether oxygens (including phenoxy) is 2. The molecule has 0 spiro atoms. The van der Waals surface area contributed by atoms with Crippen molar-refractivity contribution < 1.29 is 24.5 Å². The highest BCUT2D eigenvalue weighted by molar-refractivity contribution is 5.70. The number of β-amino-alcohol motifs (C(OH)–C–C–N with tert-alkyl or cyclic N) is 1. The first-order valence-electron chi connectivity index (χ1n) is 7.66. The molecule has 0 amide bonds. The number of aliphatic hydroxyl groups excluding tert-OH is 1. The fraction of sp³-hybridized carbons (Fsp3) is 0.562. The molecule has 2 aliphatic heterocycles. The zero-order valence-electron chi connectivity index (χ0n) is 12.4. The molecule has 0 saturated carbocycles. The van der Waals surface area contributed by atoms with Crippen molar-refractivity contribution in [1.82, 2.24) is 4.90 Å². The highest BCUT2D eigenvalue weighted by Gasteiger charge is 2.26. The maximum absolute atomic E-state index is 10.9. The van der Waals surface area contributed by atoms with Crippen LogP contribution in [-0.2, 0) is 4.79 Å². The van der Waals surface area contributed by atoms with E-state index >= 15 is 0 Å². The van der Waals surface area contributed by atoms with E-state index in [4.69, 9.17) is 14.6 Å². The van der Waals surface area contributed by atoms with Crippen LogP contribution < -0.4 is 9.47 Å². The predicted octanol–water partition coefficient (Wildman–Crippen LogP) is 1.29. The lowest BCUT2D eigenvalue weighted by molar-refractivity contribution is -0.143. The number of rotatable bonds is 4. The number of carbonyl (C=O) groups is 1. The van der Waals surface area contributed by atoms with Gasteiger partial charge in [0.2, 0.25) is 0 Å². The molecule has 1 fully saturated rings. The SMILES string of the molecule is O=C(O)C1CCN(C[C@H](O)c2ccc3c(c2)OCCO3)CC1. The molecule has 6 nitrogen and oxygen atoms in total. The lowest BCUT2D eigenvalue weighted by Gasteiger charge is -2.31. The largest absolute Gasteiger partial charge is 0.486 e. The van der Waals surface area contributed by atoms with Gasteiger partial charge in [0.1, 0.15) is 13.2 Å². The Morgan fingerprint density at radius 2 is 1.91 bits per heavy atom. The number of hydrogen-bond acceptors (Lipinski definition) is 5. The third-order valence-electron chi connectivity index (χ3n) is 4.32. The number of hydrogen-bond donors (Lipinski definition) is 2. The Balaban J connectivity index is 1.58. The second kappa shape index (κ2) is 6.54. The normalized spacial score (nSPS) is 20.6. The van der Waals surface area contributed by atoms with E-state index in [2.05, 4.69) is 4.90 Å². The van der Waals surface area contributed by atoms with Crippen molar-refractivity contribution in [2.45, 2.75) is 18.9 Å². The summed E-state index contributed by atoms with van der Waals surface area (Å²) in [5.41, 5.74) is 0.796. The summed E-state index contributed by atoms with van der Waals surface area (Å²) in [5, 5.41) is 19.4. The minimum Gasteiger partial charge on any atom is -0.486 e. The van der Waals surface area contributed by atoms with Gasteiger partial charge in [-0.2, -0.15) is 0 Å². The van der Waals surface area contributed by atoms with E-state index in [1.54, 1.807) is 0 Å². The molecule has 6 heteroatoms. The third kappa shape index (κ3) is 3.34. The molecule has 1 aromatic carbocycles. The van der Waals surface area contributed by atoms with Gasteiger partial charge in [-0.3, -0.25) is 4.79 Å². The number of carboxylic acid groups (broad SMARTS) is 1. The molecule has 2 heterocycles. The molecule has 1 aromatic rings. The topological polar surface area (TPSA) is 79.2 Å². The monoisotopic (exact) mass is 307 g/mol. The first-order chi connectivity index (χ1) is 10.6. The Morgan fingerprint density at radius 1 is 1.23 bits per heavy atom. The van der Waals surface area contributed by atoms with Crippen molar-refractivity contribution in [2.24, 2.45) is 5.92 Å². The predicted molar refractivity (Wildman–Crippen MR) is 79.2 cm³/mol. The van der Waals surface area contributed by atoms with Crippen LogP contribution in [0.2, 0.25) is 0 Å². The van der Waals surface area contributed by atoms with E-state index in [1.807, 2.05) is 18.2 Å². The molecule has 3 rings (SSSR count). The summed E-state index contributed by atoms with van der Waals surface area (Å²) in [5.74, 6) is 0.423. The van der Waals surface area contributed by atoms with Crippen LogP contribution in [0.3, 0.4) is 0 Å². The summed E-state index contributed by atoms with van der Waals surface area (Å²) in [6.45, 7) is 2.99. The molecular weight excluding hydrogens is 286 g/mol. The first kappa shape index (κ1) is 15.1. The molecular formula is C16H21NO5. The van der Waals surface area contributed by atoms with Gasteiger partial charge in [-0.25, -0.2) is 0 Å². The smallest absolute Gasteiger partial charge is 0.306 e. The van der Waals surface area contributed by atoms with Gasteiger partial charge in [0, 0.05) is 6.54 Å². The number of nitrogens with zero attached hydrogens (tertiary/aromatic N) is 1. The molecule has 22 heavy (non-hydrogen) atoms. The average molecular weight is 307 g/mol. The Labute approximate surface area is 129 Å². The number of aliphatic carboxylic acids is 1. The number of benzene rings is 1. The van der Waals surface area contributed by atoms with E-state index in [1.165, 1.54) is 0 Å². The summed E-state index contributed by atoms with van der Waals surface area (Å²) in [7, 11) is 0. The summed E-state index contributed by atoms with van der Waals surface area (Å²) < 4.78 is 11.0. The van der Waals surface area contributed by atoms with Gasteiger partial charge in [0.25, 0.3) is 0 Å². The van der Waals surface area contributed by atoms with Gasteiger partial charge in [-0.05, 0) is 43.6 Å². The van der Waals surface area contributed by atoms with Crippen LogP contribution >= 0.6 is 0 Å². The van der Waals surface area contributed by atoms with Gasteiger partial charge in [0.05, 0.1) is 12.0 Å². The highest BCUT2D eigenvalue weighted by Crippen LogP contribution is 2.33. The lowest BCUT2D eigenvalue weighted by atomic mass is 9.96. The molecule has 0 aromatic heterocycles. The van der Waals surface area contributed by atoms with Crippen molar-refractivity contribution in [3.05, 3.63) is 23.8 Å². The van der Waals surface area contributed by atoms with Crippen LogP contribution in [0.1, 0.15) is 24.5 Å². The Hall–Kier alpha value is -1.79. The van der Waals surface area contributed by atoms with Crippen molar-refractivity contribution in [3.8, 4) is 11.5 Å². The van der Waals surface area contributed by atoms with Crippen molar-refractivity contribution in [2.75, 3.05) is 32.8 Å². The third-order valence-corrected chi connectivity index (χ3v) is 4.32. The maximum Gasteiger partial charge on any atom is 0.306 e. The van der Waals surface area contributed by atoms with Gasteiger partial charge in [0.15, 0.2) is 11.5 Å². The number of carboxylic acids is 1. The van der Waals surface area contributed by atoms with Crippen LogP contribution in [-0.4, -0.2) is 53.9 Å². The summed E-state index contributed by atoms with van der Waals surface area (Å²) in [6, 6.07) is 5.50. The number of aliphatic hydroxyl groups is 1. The molecule has 0 radical (unpaired) electrons. The molecule has 0 unspecified atom stereocenters. The molecule has 1 atom stereocenters. The van der Waals surface area contributed by atoms with Crippen molar-refractivity contribution in [1.29, 1.82) is 0 Å². The minimum absolute atomic E-state index is 0.248. The van der Waals surface area contributed by atoms with Crippen LogP contribution in [0.25, 0.3) is 0 Å². The first-order valence-corrected chi connectivity index (χ1v) is 7.66. The second-order valence-electron chi connectivity index (χ2n) is 5.83. The Bertz CT molecular complexity index is 539. The highest BCUT2D eigenvalue weighted by atomic mass is 16.6. The van der Waals surface area contributed by atoms with Crippen LogP contribution in [0.5, 0.6) is 11.5 Å². The fourth-order valence-electron chi connectivity index (χ4n) is 2.98. The molecule has 1 saturated heterocycles. The Morgan fingerprint density at radius 3 is 2.59 bits per heavy atom. The molecule has 2 N–H and O–H groups in total. The van der Waals surface area contributed by atoms with Gasteiger partial charge in [-0.15, -0.1) is 0 Å². The number of piperidine rings is 1. The summed E-state index contributed by atoms with van der Waals surface area (Å²) in [4.78, 5) is 13.1. The molecule has 2 aliphatic rings. The average Bonchev–Trinajstić information content (AvgIpc) is 2.55. The fourth-order valence-corrected chi connectivity index (χ4v) is 2.98. The number of fused-ring (bicyclic) bond motifs is 1. The van der Waals surface area contributed by atoms with E-state index in [0.717, 1.165) is 5.56 Å². The zero-order valence-corrected chi connectivity index (χ0v) is 12.4. The van der Waals surface area contributed by atoms with Crippen molar-refractivity contribution >= 4 is 5.97 Å². The second-order valence-corrected chi connectivity index (χ2v) is 5.83. The van der Waals surface area contributed by atoms with E-state index in [9.17, 15) is 9.90 Å². The standard InChI is InChI=1S/C16H21NO5/c18-13(10-17-5-3-11(4-6-17)16(19)20)12-1-2-14-15(9-12)22-8-7-21-14/h1-2,9,11,13,18H,3-8,10H2,(H,19,20)/t13-/m0/s1. The summed E-state index contributed by atoms with van der Waals surface area (Å²) in [6.07, 6.45) is 0.670. The Kier molecular flexibility index (Phi) is 4.49. The maximum atomic E-state index is 10.9. The van der Waals surface area contributed by atoms with Crippen molar-refractivity contribution in [3.63, 3.8) is 0 Å². The summed E-state index contributed by atoms with van der Waals surface area (Å²) >= 11 is 0. The van der Waals surface area contributed by atoms with Crippen LogP contribution in [0.4, 0.5) is 0 Å². The van der Waals surface area contributed by atoms with Crippen LogP contribution in [0.15, 0.2) is 18.2 Å². The van der Waals surface area contributed by atoms with E-state index in [0.29, 0.717) is 57.2 Å².